The SMILES string of the molecule is COc1ccc(NC(=O)OC[C@]2(O)Cc3c(O)c4c(c(O)c3[C@@H](O[C@H]3C[C@H](N)[C@H](O)[C@H](C)O3)C2)C(=O)c2ccccc2C4=O)cc1.Cl. The number of methoxy groups -OCH3 is 1. The molecular formula is C33H35ClN2O11. The molecule has 2 aliphatic carbocycles. The molecule has 0 aromatic heterocycles. The first-order valence-electron chi connectivity index (χ1n) is 14.7. The fourth-order valence-corrected chi connectivity index (χ4v) is 6.37. The zero-order chi connectivity index (χ0) is 32.9. The van der Waals surface area contributed by atoms with Gasteiger partial charge in [0.1, 0.15) is 29.5 Å². The van der Waals surface area contributed by atoms with Crippen molar-refractivity contribution >= 4 is 35.8 Å². The molecule has 47 heavy (non-hydrogen) atoms. The number of aliphatic hydroxyl groups is 2. The molecule has 1 fully saturated rings. The van der Waals surface area contributed by atoms with Crippen molar-refractivity contribution in [1.82, 2.24) is 0 Å². The average molecular weight is 671 g/mol. The van der Waals surface area contributed by atoms with Crippen LogP contribution >= 0.6 is 12.4 Å². The van der Waals surface area contributed by atoms with Gasteiger partial charge in [-0.25, -0.2) is 4.79 Å². The zero-order valence-corrected chi connectivity index (χ0v) is 26.3. The van der Waals surface area contributed by atoms with Gasteiger partial charge >= 0.3 is 6.09 Å². The van der Waals surface area contributed by atoms with E-state index >= 15 is 0 Å². The van der Waals surface area contributed by atoms with Crippen molar-refractivity contribution in [3.63, 3.8) is 0 Å². The standard InChI is InChI=1S/C33H34N2O11.ClH/c1-15-27(36)21(34)11-23(45-15)46-22-13-33(42,14-44-32(41)35-16-7-9-17(43-2)10-8-16)12-20-24(22)31(40)26-25(30(20)39)28(37)18-5-3-4-6-19(18)29(26)38;/h3-10,15,21-23,27,36,39-40,42H,11-14,34H2,1-2H3,(H,35,41);1H/t15-,21-,22-,23-,27+,33-;/m0./s1. The summed E-state index contributed by atoms with van der Waals surface area (Å²) in [6.45, 7) is 1.04. The number of anilines is 1. The second kappa shape index (κ2) is 13.1. The maximum atomic E-state index is 13.6. The summed E-state index contributed by atoms with van der Waals surface area (Å²) in [5, 5.41) is 47.7. The molecule has 3 aromatic rings. The second-order valence-electron chi connectivity index (χ2n) is 11.9. The molecule has 6 rings (SSSR count). The van der Waals surface area contributed by atoms with E-state index in [0.717, 1.165) is 0 Å². The Hall–Kier alpha value is -4.24. The maximum absolute atomic E-state index is 13.6. The molecule has 250 valence electrons. The van der Waals surface area contributed by atoms with E-state index in [1.807, 2.05) is 0 Å². The number of phenolic OH excluding ortho intramolecular Hbond substituents is 2. The highest BCUT2D eigenvalue weighted by Gasteiger charge is 2.48. The number of carbonyl (C=O) groups excluding carboxylic acids is 3. The van der Waals surface area contributed by atoms with Crippen LogP contribution in [-0.2, 0) is 20.6 Å². The van der Waals surface area contributed by atoms with Crippen molar-refractivity contribution in [2.75, 3.05) is 19.0 Å². The number of rotatable bonds is 6. The molecule has 1 amide bonds. The summed E-state index contributed by atoms with van der Waals surface area (Å²) in [6, 6.07) is 11.8. The number of ketones is 2. The summed E-state index contributed by atoms with van der Waals surface area (Å²) in [5.41, 5.74) is 3.93. The molecule has 1 aliphatic heterocycles. The molecule has 7 N–H and O–H groups in total. The van der Waals surface area contributed by atoms with Gasteiger partial charge in [-0.3, -0.25) is 14.9 Å². The number of phenols is 2. The Bertz CT molecular complexity index is 1700. The Balaban J connectivity index is 0.00000433. The van der Waals surface area contributed by atoms with E-state index in [4.69, 9.17) is 24.7 Å². The van der Waals surface area contributed by atoms with Crippen LogP contribution in [0.25, 0.3) is 0 Å². The van der Waals surface area contributed by atoms with Gasteiger partial charge in [-0.15, -0.1) is 12.4 Å². The Morgan fingerprint density at radius 1 is 1.04 bits per heavy atom. The minimum atomic E-state index is -1.87. The third-order valence-corrected chi connectivity index (χ3v) is 8.73. The van der Waals surface area contributed by atoms with Crippen LogP contribution in [0.4, 0.5) is 10.5 Å². The number of aromatic hydroxyl groups is 2. The van der Waals surface area contributed by atoms with E-state index in [-0.39, 0.29) is 59.5 Å². The van der Waals surface area contributed by atoms with E-state index in [9.17, 15) is 34.8 Å². The van der Waals surface area contributed by atoms with Crippen molar-refractivity contribution in [1.29, 1.82) is 0 Å². The number of hydrogen-bond acceptors (Lipinski definition) is 12. The summed E-state index contributed by atoms with van der Waals surface area (Å²) >= 11 is 0. The lowest BCUT2D eigenvalue weighted by molar-refractivity contribution is -0.248. The summed E-state index contributed by atoms with van der Waals surface area (Å²) in [6.07, 6.45) is -5.36. The molecule has 1 heterocycles. The number of fused-ring (bicyclic) bond motifs is 3. The van der Waals surface area contributed by atoms with Crippen molar-refractivity contribution in [2.24, 2.45) is 5.73 Å². The summed E-state index contributed by atoms with van der Waals surface area (Å²) in [7, 11) is 1.51. The van der Waals surface area contributed by atoms with Crippen LogP contribution in [0.2, 0.25) is 0 Å². The predicted molar refractivity (Wildman–Crippen MR) is 168 cm³/mol. The van der Waals surface area contributed by atoms with E-state index < -0.39 is 77.6 Å². The molecule has 6 atom stereocenters. The van der Waals surface area contributed by atoms with Gasteiger partial charge in [-0.2, -0.15) is 0 Å². The number of halogens is 1. The van der Waals surface area contributed by atoms with Crippen LogP contribution in [0.3, 0.4) is 0 Å². The molecule has 0 unspecified atom stereocenters. The zero-order valence-electron chi connectivity index (χ0n) is 25.5. The first kappa shape index (κ1) is 34.1. The maximum Gasteiger partial charge on any atom is 0.411 e. The van der Waals surface area contributed by atoms with Crippen molar-refractivity contribution in [3.05, 3.63) is 81.9 Å². The molecule has 14 heteroatoms. The van der Waals surface area contributed by atoms with Gasteiger partial charge in [0.05, 0.1) is 36.5 Å². The molecule has 0 saturated carbocycles. The van der Waals surface area contributed by atoms with Crippen LogP contribution < -0.4 is 15.8 Å². The normalized spacial score (nSPS) is 26.3. The lowest BCUT2D eigenvalue weighted by atomic mass is 9.73. The Morgan fingerprint density at radius 2 is 1.66 bits per heavy atom. The highest BCUT2D eigenvalue weighted by Crippen LogP contribution is 2.52. The lowest BCUT2D eigenvalue weighted by Gasteiger charge is -2.42. The van der Waals surface area contributed by atoms with Gasteiger partial charge in [0.2, 0.25) is 0 Å². The third kappa shape index (κ3) is 6.25. The number of nitrogens with one attached hydrogen (secondary N) is 1. The molecule has 1 saturated heterocycles. The molecule has 0 bridgehead atoms. The third-order valence-electron chi connectivity index (χ3n) is 8.73. The summed E-state index contributed by atoms with van der Waals surface area (Å²) in [4.78, 5) is 39.8. The van der Waals surface area contributed by atoms with Gasteiger partial charge in [0.25, 0.3) is 0 Å². The average Bonchev–Trinajstić information content (AvgIpc) is 3.03. The van der Waals surface area contributed by atoms with Crippen molar-refractivity contribution < 1.29 is 53.8 Å². The second-order valence-corrected chi connectivity index (χ2v) is 11.9. The van der Waals surface area contributed by atoms with Crippen molar-refractivity contribution in [3.8, 4) is 17.2 Å². The molecule has 3 aromatic carbocycles. The number of nitrogens with two attached hydrogens (primary N) is 1. The Labute approximate surface area is 275 Å². The molecule has 0 radical (unpaired) electrons. The molecule has 3 aliphatic rings. The predicted octanol–water partition coefficient (Wildman–Crippen LogP) is 3.11. The van der Waals surface area contributed by atoms with Crippen molar-refractivity contribution in [2.45, 2.75) is 62.4 Å². The first-order valence-corrected chi connectivity index (χ1v) is 14.7. The van der Waals surface area contributed by atoms with E-state index in [1.165, 1.54) is 19.2 Å². The highest BCUT2D eigenvalue weighted by molar-refractivity contribution is 6.30. The van der Waals surface area contributed by atoms with Crippen LogP contribution in [0, 0.1) is 0 Å². The quantitative estimate of drug-likeness (QED) is 0.164. The van der Waals surface area contributed by atoms with Gasteiger partial charge in [0.15, 0.2) is 17.9 Å². The molecule has 13 nitrogen and oxygen atoms in total. The Morgan fingerprint density at radius 3 is 2.26 bits per heavy atom. The van der Waals surface area contributed by atoms with Crippen LogP contribution in [-0.4, -0.2) is 81.9 Å². The number of amides is 1. The fourth-order valence-electron chi connectivity index (χ4n) is 6.37. The van der Waals surface area contributed by atoms with Crippen LogP contribution in [0.15, 0.2) is 48.5 Å². The number of carbonyl (C=O) groups is 3. The monoisotopic (exact) mass is 670 g/mol. The number of ether oxygens (including phenoxy) is 4. The van der Waals surface area contributed by atoms with Crippen LogP contribution in [0.1, 0.15) is 68.8 Å². The Kier molecular flexibility index (Phi) is 9.51. The lowest BCUT2D eigenvalue weighted by Crippen LogP contribution is -2.52. The minimum Gasteiger partial charge on any atom is -0.507 e. The number of hydrogen-bond donors (Lipinski definition) is 6. The van der Waals surface area contributed by atoms with Crippen LogP contribution in [0.5, 0.6) is 17.2 Å². The van der Waals surface area contributed by atoms with Gasteiger partial charge in [-0.05, 0) is 31.2 Å². The largest absolute Gasteiger partial charge is 0.507 e. The van der Waals surface area contributed by atoms with E-state index in [0.29, 0.717) is 11.4 Å². The van der Waals surface area contributed by atoms with Gasteiger partial charge in [0, 0.05) is 53.2 Å². The molecule has 0 spiro atoms. The van der Waals surface area contributed by atoms with Gasteiger partial charge in [-0.1, -0.05) is 24.3 Å². The highest BCUT2D eigenvalue weighted by atomic mass is 35.5. The first-order chi connectivity index (χ1) is 21.9. The van der Waals surface area contributed by atoms with E-state index in [1.54, 1.807) is 43.3 Å². The number of benzene rings is 3. The number of aliphatic hydroxyl groups excluding tert-OH is 1. The minimum absolute atomic E-state index is 0. The van der Waals surface area contributed by atoms with E-state index in [2.05, 4.69) is 5.32 Å². The van der Waals surface area contributed by atoms with Gasteiger partial charge < -0.3 is 45.1 Å². The fraction of sp³-hybridized carbons (Fsp3) is 0.364. The topological polar surface area (TPSA) is 207 Å². The molecular weight excluding hydrogens is 636 g/mol. The summed E-state index contributed by atoms with van der Waals surface area (Å²) in [5.74, 6) is -1.93. The summed E-state index contributed by atoms with van der Waals surface area (Å²) < 4.78 is 22.5. The smallest absolute Gasteiger partial charge is 0.411 e.